The van der Waals surface area contributed by atoms with Gasteiger partial charge in [-0.1, -0.05) is 30.3 Å². The summed E-state index contributed by atoms with van der Waals surface area (Å²) in [7, 11) is 0. The van der Waals surface area contributed by atoms with Crippen LogP contribution in [0.4, 0.5) is 0 Å². The van der Waals surface area contributed by atoms with Gasteiger partial charge in [-0.2, -0.15) is 5.26 Å². The molecule has 3 rings (SSSR count). The molecular formula is C17H13N3O2S. The Hall–Kier alpha value is -2.91. The van der Waals surface area contributed by atoms with Crippen molar-refractivity contribution in [2.75, 3.05) is 0 Å². The molecule has 0 saturated heterocycles. The summed E-state index contributed by atoms with van der Waals surface area (Å²) in [5.41, 5.74) is 1.73. The Kier molecular flexibility index (Phi) is 4.50. The van der Waals surface area contributed by atoms with Gasteiger partial charge >= 0.3 is 0 Å². The van der Waals surface area contributed by atoms with Gasteiger partial charge in [0.25, 0.3) is 0 Å². The van der Waals surface area contributed by atoms with E-state index in [4.69, 9.17) is 4.42 Å². The van der Waals surface area contributed by atoms with E-state index in [0.717, 1.165) is 11.3 Å². The van der Waals surface area contributed by atoms with E-state index in [1.165, 1.54) is 17.6 Å². The largest absolute Gasteiger partial charge is 0.467 e. The second-order valence-corrected chi connectivity index (χ2v) is 5.69. The predicted molar refractivity (Wildman–Crippen MR) is 86.5 cm³/mol. The summed E-state index contributed by atoms with van der Waals surface area (Å²) in [4.78, 5) is 16.6. The lowest BCUT2D eigenvalue weighted by molar-refractivity contribution is -0.121. The third-order valence-electron chi connectivity index (χ3n) is 3.25. The van der Waals surface area contributed by atoms with E-state index in [-0.39, 0.29) is 12.5 Å². The predicted octanol–water partition coefficient (Wildman–Crippen LogP) is 3.33. The van der Waals surface area contributed by atoms with Crippen molar-refractivity contribution in [3.63, 3.8) is 0 Å². The fourth-order valence-corrected chi connectivity index (χ4v) is 2.95. The Labute approximate surface area is 137 Å². The maximum absolute atomic E-state index is 12.2. The van der Waals surface area contributed by atoms with Crippen LogP contribution in [-0.2, 0) is 11.3 Å². The van der Waals surface area contributed by atoms with Crippen molar-refractivity contribution < 1.29 is 9.21 Å². The van der Waals surface area contributed by atoms with E-state index in [1.54, 1.807) is 12.1 Å². The molecule has 0 aliphatic rings. The minimum Gasteiger partial charge on any atom is -0.467 e. The van der Waals surface area contributed by atoms with Crippen LogP contribution in [-0.4, -0.2) is 10.9 Å². The van der Waals surface area contributed by atoms with Crippen LogP contribution in [0.3, 0.4) is 0 Å². The summed E-state index contributed by atoms with van der Waals surface area (Å²) < 4.78 is 5.15. The molecule has 1 atom stereocenters. The Morgan fingerprint density at radius 3 is 2.83 bits per heavy atom. The number of aromatic nitrogens is 1. The smallest absolute Gasteiger partial charge is 0.244 e. The molecule has 0 saturated carbocycles. The zero-order chi connectivity index (χ0) is 16.1. The maximum atomic E-state index is 12.2. The van der Waals surface area contributed by atoms with Crippen LogP contribution < -0.4 is 5.32 Å². The van der Waals surface area contributed by atoms with Gasteiger partial charge in [-0.15, -0.1) is 11.3 Å². The average Bonchev–Trinajstić information content (AvgIpc) is 3.26. The molecule has 0 fully saturated rings. The Balaban J connectivity index is 1.72. The molecule has 3 aromatic rings. The highest BCUT2D eigenvalue weighted by Gasteiger charge is 2.23. The highest BCUT2D eigenvalue weighted by Crippen LogP contribution is 2.26. The molecule has 2 aromatic heterocycles. The van der Waals surface area contributed by atoms with Crippen molar-refractivity contribution >= 4 is 17.2 Å². The van der Waals surface area contributed by atoms with Gasteiger partial charge in [0.2, 0.25) is 5.91 Å². The molecule has 0 unspecified atom stereocenters. The summed E-state index contributed by atoms with van der Waals surface area (Å²) in [6.07, 6.45) is 1.54. The highest BCUT2D eigenvalue weighted by atomic mass is 32.1. The van der Waals surface area contributed by atoms with Crippen LogP contribution in [0.25, 0.3) is 11.3 Å². The normalized spacial score (nSPS) is 11.6. The van der Waals surface area contributed by atoms with Crippen molar-refractivity contribution in [3.05, 3.63) is 64.9 Å². The van der Waals surface area contributed by atoms with Gasteiger partial charge in [-0.05, 0) is 12.1 Å². The minimum absolute atomic E-state index is 0.251. The number of furan rings is 1. The summed E-state index contributed by atoms with van der Waals surface area (Å²) in [6.45, 7) is 0.251. The van der Waals surface area contributed by atoms with E-state index in [2.05, 4.69) is 10.3 Å². The number of hydrogen-bond acceptors (Lipinski definition) is 5. The summed E-state index contributed by atoms with van der Waals surface area (Å²) in [6, 6.07) is 15.2. The first-order valence-electron chi connectivity index (χ1n) is 6.98. The van der Waals surface area contributed by atoms with Gasteiger partial charge in [0, 0.05) is 10.9 Å². The molecule has 23 heavy (non-hydrogen) atoms. The number of nitrogens with one attached hydrogen (secondary N) is 1. The van der Waals surface area contributed by atoms with Gasteiger partial charge < -0.3 is 9.73 Å². The van der Waals surface area contributed by atoms with Gasteiger partial charge in [0.15, 0.2) is 5.92 Å². The van der Waals surface area contributed by atoms with Crippen molar-refractivity contribution in [3.8, 4) is 17.3 Å². The molecule has 0 radical (unpaired) electrons. The fraction of sp³-hybridized carbons (Fsp3) is 0.118. The second-order valence-electron chi connectivity index (χ2n) is 4.80. The number of rotatable bonds is 5. The molecule has 114 valence electrons. The van der Waals surface area contributed by atoms with Crippen molar-refractivity contribution in [1.82, 2.24) is 10.3 Å². The lowest BCUT2D eigenvalue weighted by atomic mass is 10.1. The third kappa shape index (κ3) is 3.47. The lowest BCUT2D eigenvalue weighted by Gasteiger charge is -2.06. The molecule has 0 aliphatic carbocycles. The van der Waals surface area contributed by atoms with Crippen LogP contribution in [0.2, 0.25) is 0 Å². The number of benzene rings is 1. The number of carbonyl (C=O) groups is 1. The molecule has 6 heteroatoms. The number of hydrogen-bond donors (Lipinski definition) is 1. The molecule has 2 heterocycles. The maximum Gasteiger partial charge on any atom is 0.244 e. The van der Waals surface area contributed by atoms with Crippen molar-refractivity contribution in [2.24, 2.45) is 0 Å². The number of nitrogens with zero attached hydrogens (tertiary/aromatic N) is 2. The van der Waals surface area contributed by atoms with Crippen LogP contribution in [0, 0.1) is 11.3 Å². The van der Waals surface area contributed by atoms with Crippen molar-refractivity contribution in [1.29, 1.82) is 5.26 Å². The van der Waals surface area contributed by atoms with E-state index in [9.17, 15) is 10.1 Å². The lowest BCUT2D eigenvalue weighted by Crippen LogP contribution is -2.28. The highest BCUT2D eigenvalue weighted by molar-refractivity contribution is 7.10. The van der Waals surface area contributed by atoms with E-state index in [1.807, 2.05) is 41.8 Å². The fourth-order valence-electron chi connectivity index (χ4n) is 2.08. The zero-order valence-corrected chi connectivity index (χ0v) is 12.9. The topological polar surface area (TPSA) is 78.9 Å². The molecule has 1 amide bonds. The summed E-state index contributed by atoms with van der Waals surface area (Å²) in [5, 5.41) is 14.4. The number of amides is 1. The zero-order valence-electron chi connectivity index (χ0n) is 12.1. The molecule has 0 aliphatic heterocycles. The number of carbonyl (C=O) groups excluding carboxylic acids is 1. The summed E-state index contributed by atoms with van der Waals surface area (Å²) in [5.74, 6) is -0.663. The number of nitriles is 1. The van der Waals surface area contributed by atoms with Crippen molar-refractivity contribution in [2.45, 2.75) is 12.5 Å². The quantitative estimate of drug-likeness (QED) is 0.781. The second kappa shape index (κ2) is 6.90. The average molecular weight is 323 g/mol. The SMILES string of the molecule is N#C[C@H](C(=O)NCc1ccco1)c1nc(-c2ccccc2)cs1. The third-order valence-corrected chi connectivity index (χ3v) is 4.16. The summed E-state index contributed by atoms with van der Waals surface area (Å²) >= 11 is 1.31. The van der Waals surface area contributed by atoms with Crippen LogP contribution >= 0.6 is 11.3 Å². The molecule has 0 bridgehead atoms. The first-order valence-corrected chi connectivity index (χ1v) is 7.86. The molecule has 5 nitrogen and oxygen atoms in total. The van der Waals surface area contributed by atoms with E-state index < -0.39 is 5.92 Å². The Bertz CT molecular complexity index is 819. The van der Waals surface area contributed by atoms with E-state index in [0.29, 0.717) is 10.8 Å². The Morgan fingerprint density at radius 1 is 1.30 bits per heavy atom. The first kappa shape index (κ1) is 15.0. The molecule has 1 aromatic carbocycles. The van der Waals surface area contributed by atoms with Gasteiger partial charge in [0.1, 0.15) is 10.8 Å². The van der Waals surface area contributed by atoms with Gasteiger partial charge in [-0.3, -0.25) is 4.79 Å². The first-order chi connectivity index (χ1) is 11.3. The molecular weight excluding hydrogens is 310 g/mol. The number of thiazole rings is 1. The standard InChI is InChI=1S/C17H13N3O2S/c18-9-14(16(21)19-10-13-7-4-8-22-13)17-20-15(11-23-17)12-5-2-1-3-6-12/h1-8,11,14H,10H2,(H,19,21)/t14-/m1/s1. The molecule has 0 spiro atoms. The van der Waals surface area contributed by atoms with E-state index >= 15 is 0 Å². The van der Waals surface area contributed by atoms with Gasteiger partial charge in [-0.25, -0.2) is 4.98 Å². The Morgan fingerprint density at radius 2 is 2.13 bits per heavy atom. The van der Waals surface area contributed by atoms with Crippen LogP contribution in [0.1, 0.15) is 16.7 Å². The van der Waals surface area contributed by atoms with Crippen LogP contribution in [0.5, 0.6) is 0 Å². The minimum atomic E-state index is -0.924. The van der Waals surface area contributed by atoms with Gasteiger partial charge in [0.05, 0.1) is 24.6 Å². The molecule has 1 N–H and O–H groups in total. The van der Waals surface area contributed by atoms with Crippen LogP contribution in [0.15, 0.2) is 58.5 Å². The monoisotopic (exact) mass is 323 g/mol.